The topological polar surface area (TPSA) is 48.5 Å². The summed E-state index contributed by atoms with van der Waals surface area (Å²) in [5.74, 6) is 0. The Morgan fingerprint density at radius 1 is 1.35 bits per heavy atom. The molecule has 88 valence electrons. The number of hydrogen-bond donors (Lipinski definition) is 1. The minimum absolute atomic E-state index is 0.517. The SMILES string of the molecule is Cc1ccc2[nH]c(C=O)c(N=CN(C)C)c2c1. The first-order valence-electron chi connectivity index (χ1n) is 5.40. The van der Waals surface area contributed by atoms with Crippen LogP contribution in [-0.4, -0.2) is 36.6 Å². The molecule has 1 N–H and O–H groups in total. The molecule has 0 amide bonds. The number of hydrogen-bond acceptors (Lipinski definition) is 2. The van der Waals surface area contributed by atoms with Crippen molar-refractivity contribution in [2.45, 2.75) is 6.92 Å². The largest absolute Gasteiger partial charge is 0.369 e. The van der Waals surface area contributed by atoms with Crippen molar-refractivity contribution in [3.8, 4) is 0 Å². The molecule has 1 aromatic carbocycles. The van der Waals surface area contributed by atoms with Gasteiger partial charge in [-0.15, -0.1) is 0 Å². The molecule has 2 rings (SSSR count). The molecular formula is C13H15N3O. The van der Waals surface area contributed by atoms with Gasteiger partial charge < -0.3 is 9.88 Å². The molecule has 2 aromatic rings. The summed E-state index contributed by atoms with van der Waals surface area (Å²) in [4.78, 5) is 20.3. The first kappa shape index (κ1) is 11.4. The lowest BCUT2D eigenvalue weighted by atomic mass is 10.1. The van der Waals surface area contributed by atoms with Crippen LogP contribution in [0, 0.1) is 6.92 Å². The van der Waals surface area contributed by atoms with Gasteiger partial charge in [0.2, 0.25) is 0 Å². The first-order valence-corrected chi connectivity index (χ1v) is 5.40. The fourth-order valence-electron chi connectivity index (χ4n) is 1.71. The Hall–Kier alpha value is -2.10. The van der Waals surface area contributed by atoms with Crippen molar-refractivity contribution in [3.05, 3.63) is 29.5 Å². The van der Waals surface area contributed by atoms with Gasteiger partial charge in [-0.25, -0.2) is 4.99 Å². The van der Waals surface area contributed by atoms with E-state index in [0.29, 0.717) is 11.4 Å². The molecule has 0 fully saturated rings. The molecule has 0 radical (unpaired) electrons. The lowest BCUT2D eigenvalue weighted by molar-refractivity contribution is 0.112. The third kappa shape index (κ3) is 2.20. The van der Waals surface area contributed by atoms with Gasteiger partial charge in [0.05, 0.1) is 6.34 Å². The molecule has 0 aliphatic heterocycles. The predicted octanol–water partition coefficient (Wildman–Crippen LogP) is 2.51. The number of rotatable bonds is 3. The lowest BCUT2D eigenvalue weighted by Gasteiger charge is -2.02. The van der Waals surface area contributed by atoms with Crippen LogP contribution in [0.1, 0.15) is 16.1 Å². The van der Waals surface area contributed by atoms with E-state index in [1.165, 1.54) is 0 Å². The highest BCUT2D eigenvalue weighted by Gasteiger charge is 2.09. The number of aliphatic imine (C=N–C) groups is 1. The van der Waals surface area contributed by atoms with Crippen LogP contribution >= 0.6 is 0 Å². The van der Waals surface area contributed by atoms with Gasteiger partial charge in [-0.1, -0.05) is 11.6 Å². The number of aldehydes is 1. The minimum Gasteiger partial charge on any atom is -0.369 e. The smallest absolute Gasteiger partial charge is 0.168 e. The number of aromatic nitrogens is 1. The van der Waals surface area contributed by atoms with Crippen molar-refractivity contribution in [2.75, 3.05) is 14.1 Å². The van der Waals surface area contributed by atoms with Crippen LogP contribution in [0.25, 0.3) is 10.9 Å². The molecule has 1 heterocycles. The monoisotopic (exact) mass is 229 g/mol. The Kier molecular flexibility index (Phi) is 2.95. The minimum atomic E-state index is 0.517. The van der Waals surface area contributed by atoms with Gasteiger partial charge in [0.15, 0.2) is 6.29 Å². The third-order valence-electron chi connectivity index (χ3n) is 2.49. The number of benzene rings is 1. The summed E-state index contributed by atoms with van der Waals surface area (Å²) >= 11 is 0. The summed E-state index contributed by atoms with van der Waals surface area (Å²) in [5.41, 5.74) is 3.30. The molecule has 0 spiro atoms. The fourth-order valence-corrected chi connectivity index (χ4v) is 1.71. The van der Waals surface area contributed by atoms with Gasteiger partial charge in [0.1, 0.15) is 11.4 Å². The summed E-state index contributed by atoms with van der Waals surface area (Å²) in [6.07, 6.45) is 2.50. The lowest BCUT2D eigenvalue weighted by Crippen LogP contribution is -2.07. The maximum atomic E-state index is 11.0. The quantitative estimate of drug-likeness (QED) is 0.499. The van der Waals surface area contributed by atoms with E-state index in [1.54, 1.807) is 6.34 Å². The predicted molar refractivity (Wildman–Crippen MR) is 70.3 cm³/mol. The number of nitrogens with one attached hydrogen (secondary N) is 1. The zero-order valence-corrected chi connectivity index (χ0v) is 10.2. The van der Waals surface area contributed by atoms with Gasteiger partial charge in [0.25, 0.3) is 0 Å². The molecule has 0 unspecified atom stereocenters. The molecule has 0 aliphatic carbocycles. The Morgan fingerprint density at radius 2 is 2.12 bits per heavy atom. The summed E-state index contributed by atoms with van der Waals surface area (Å²) in [5, 5.41) is 0.977. The molecule has 1 aromatic heterocycles. The fraction of sp³-hybridized carbons (Fsp3) is 0.231. The molecule has 0 aliphatic rings. The number of fused-ring (bicyclic) bond motifs is 1. The summed E-state index contributed by atoms with van der Waals surface area (Å²) in [6, 6.07) is 6.00. The number of H-pyrrole nitrogens is 1. The Morgan fingerprint density at radius 3 is 2.76 bits per heavy atom. The second-order valence-corrected chi connectivity index (χ2v) is 4.26. The van der Waals surface area contributed by atoms with Gasteiger partial charge in [-0.3, -0.25) is 4.79 Å². The zero-order valence-electron chi connectivity index (χ0n) is 10.2. The average molecular weight is 229 g/mol. The Balaban J connectivity index is 2.64. The summed E-state index contributed by atoms with van der Waals surface area (Å²) < 4.78 is 0. The highest BCUT2D eigenvalue weighted by atomic mass is 16.1. The van der Waals surface area contributed by atoms with Crippen LogP contribution in [-0.2, 0) is 0 Å². The van der Waals surface area contributed by atoms with E-state index in [-0.39, 0.29) is 0 Å². The van der Waals surface area contributed by atoms with E-state index >= 15 is 0 Å². The Bertz CT molecular complexity index is 582. The molecular weight excluding hydrogens is 214 g/mol. The van der Waals surface area contributed by atoms with Gasteiger partial charge >= 0.3 is 0 Å². The van der Waals surface area contributed by atoms with Crippen LogP contribution in [0.15, 0.2) is 23.2 Å². The highest BCUT2D eigenvalue weighted by Crippen LogP contribution is 2.29. The van der Waals surface area contributed by atoms with Crippen molar-refractivity contribution in [1.82, 2.24) is 9.88 Å². The van der Waals surface area contributed by atoms with Gasteiger partial charge in [-0.2, -0.15) is 0 Å². The van der Waals surface area contributed by atoms with E-state index in [2.05, 4.69) is 9.98 Å². The van der Waals surface area contributed by atoms with E-state index in [4.69, 9.17) is 0 Å². The van der Waals surface area contributed by atoms with E-state index in [0.717, 1.165) is 22.8 Å². The second kappa shape index (κ2) is 4.41. The van der Waals surface area contributed by atoms with Crippen LogP contribution < -0.4 is 0 Å². The van der Waals surface area contributed by atoms with Crippen LogP contribution in [0.3, 0.4) is 0 Å². The zero-order chi connectivity index (χ0) is 12.4. The van der Waals surface area contributed by atoms with Crippen molar-refractivity contribution in [1.29, 1.82) is 0 Å². The first-order chi connectivity index (χ1) is 8.11. The number of nitrogens with zero attached hydrogens (tertiary/aromatic N) is 2. The highest BCUT2D eigenvalue weighted by molar-refractivity contribution is 6.01. The number of carbonyl (C=O) groups is 1. The third-order valence-corrected chi connectivity index (χ3v) is 2.49. The van der Waals surface area contributed by atoms with Crippen molar-refractivity contribution < 1.29 is 4.79 Å². The van der Waals surface area contributed by atoms with Gasteiger partial charge in [0, 0.05) is 25.0 Å². The van der Waals surface area contributed by atoms with E-state index in [1.807, 2.05) is 44.1 Å². The molecule has 4 nitrogen and oxygen atoms in total. The van der Waals surface area contributed by atoms with Crippen molar-refractivity contribution >= 4 is 29.2 Å². The summed E-state index contributed by atoms with van der Waals surface area (Å²) in [7, 11) is 3.79. The van der Waals surface area contributed by atoms with Crippen LogP contribution in [0.5, 0.6) is 0 Å². The van der Waals surface area contributed by atoms with E-state index < -0.39 is 0 Å². The molecule has 0 bridgehead atoms. The standard InChI is InChI=1S/C13H15N3O/c1-9-4-5-11-10(6-9)13(12(7-17)15-11)14-8-16(2)3/h4-8,15H,1-3H3. The number of aryl methyl sites for hydroxylation is 1. The van der Waals surface area contributed by atoms with Crippen molar-refractivity contribution in [2.24, 2.45) is 4.99 Å². The normalized spacial score (nSPS) is 11.2. The van der Waals surface area contributed by atoms with Gasteiger partial charge in [-0.05, 0) is 19.1 Å². The Labute approximate surface area is 100.0 Å². The van der Waals surface area contributed by atoms with Crippen molar-refractivity contribution in [3.63, 3.8) is 0 Å². The molecule has 0 atom stereocenters. The molecule has 0 saturated heterocycles. The maximum Gasteiger partial charge on any atom is 0.168 e. The molecule has 4 heteroatoms. The molecule has 0 saturated carbocycles. The molecule has 17 heavy (non-hydrogen) atoms. The average Bonchev–Trinajstić information content (AvgIpc) is 2.63. The van der Waals surface area contributed by atoms with E-state index in [9.17, 15) is 4.79 Å². The van der Waals surface area contributed by atoms with Crippen LogP contribution in [0.4, 0.5) is 5.69 Å². The maximum absolute atomic E-state index is 11.0. The number of aromatic amines is 1. The second-order valence-electron chi connectivity index (χ2n) is 4.26. The summed E-state index contributed by atoms with van der Waals surface area (Å²) in [6.45, 7) is 2.02. The number of carbonyl (C=O) groups excluding carboxylic acids is 1. The van der Waals surface area contributed by atoms with Crippen LogP contribution in [0.2, 0.25) is 0 Å².